The lowest BCUT2D eigenvalue weighted by Gasteiger charge is -2.22. The molecule has 1 aromatic heterocycles. The molecule has 1 rings (SSSR count). The van der Waals surface area contributed by atoms with Gasteiger partial charge in [0, 0.05) is 6.54 Å². The van der Waals surface area contributed by atoms with Gasteiger partial charge in [-0.15, -0.1) is 6.58 Å². The van der Waals surface area contributed by atoms with Crippen LogP contribution in [0, 0.1) is 0 Å². The molecule has 1 aromatic rings. The van der Waals surface area contributed by atoms with Crippen molar-refractivity contribution in [3.8, 4) is 0 Å². The molecule has 4 nitrogen and oxygen atoms in total. The predicted octanol–water partition coefficient (Wildman–Crippen LogP) is 2.16. The summed E-state index contributed by atoms with van der Waals surface area (Å²) < 4.78 is 6.09. The number of hydrogen-bond donors (Lipinski definition) is 1. The molecule has 1 N–H and O–H groups in total. The van der Waals surface area contributed by atoms with E-state index in [1.165, 1.54) is 0 Å². The van der Waals surface area contributed by atoms with Gasteiger partial charge < -0.3 is 9.73 Å². The van der Waals surface area contributed by atoms with E-state index in [9.17, 15) is 4.79 Å². The van der Waals surface area contributed by atoms with Crippen molar-refractivity contribution < 1.29 is 9.21 Å². The Kier molecular flexibility index (Phi) is 5.44. The number of rotatable bonds is 6. The van der Waals surface area contributed by atoms with Crippen LogP contribution in [-0.2, 0) is 11.3 Å². The molecule has 0 spiro atoms. The topological polar surface area (TPSA) is 45.5 Å². The van der Waals surface area contributed by atoms with Crippen molar-refractivity contribution in [2.75, 3.05) is 13.6 Å². The summed E-state index contributed by atoms with van der Waals surface area (Å²) in [6.45, 7) is 6.50. The number of likely N-dealkylation sites (N-methyl/N-ethyl adjacent to an activating group) is 1. The Morgan fingerprint density at radius 3 is 2.94 bits per heavy atom. The molecule has 0 aromatic carbocycles. The molecule has 0 aliphatic rings. The molecular formula is C12H17BrN2O2. The molecule has 0 aliphatic heterocycles. The van der Waals surface area contributed by atoms with Crippen molar-refractivity contribution in [2.45, 2.75) is 19.5 Å². The zero-order valence-electron chi connectivity index (χ0n) is 10.1. The summed E-state index contributed by atoms with van der Waals surface area (Å²) in [6.07, 6.45) is 1.66. The maximum absolute atomic E-state index is 11.7. The summed E-state index contributed by atoms with van der Waals surface area (Å²) in [4.78, 5) is 13.6. The Labute approximate surface area is 110 Å². The van der Waals surface area contributed by atoms with Gasteiger partial charge in [-0.05, 0) is 42.0 Å². The van der Waals surface area contributed by atoms with Gasteiger partial charge in [0.15, 0.2) is 4.67 Å². The third kappa shape index (κ3) is 4.36. The Morgan fingerprint density at radius 1 is 1.71 bits per heavy atom. The first-order valence-corrected chi connectivity index (χ1v) is 6.17. The molecule has 0 bridgehead atoms. The van der Waals surface area contributed by atoms with Crippen LogP contribution in [0.25, 0.3) is 0 Å². The smallest absolute Gasteiger partial charge is 0.237 e. The Balaban J connectivity index is 2.48. The van der Waals surface area contributed by atoms with E-state index < -0.39 is 0 Å². The van der Waals surface area contributed by atoms with Gasteiger partial charge in [-0.2, -0.15) is 0 Å². The molecule has 1 atom stereocenters. The lowest BCUT2D eigenvalue weighted by Crippen LogP contribution is -2.42. The van der Waals surface area contributed by atoms with Crippen LogP contribution < -0.4 is 5.32 Å². The molecule has 5 heteroatoms. The average Bonchev–Trinajstić information content (AvgIpc) is 2.70. The Morgan fingerprint density at radius 2 is 2.41 bits per heavy atom. The van der Waals surface area contributed by atoms with E-state index in [0.29, 0.717) is 17.8 Å². The van der Waals surface area contributed by atoms with Crippen molar-refractivity contribution in [2.24, 2.45) is 0 Å². The highest BCUT2D eigenvalue weighted by molar-refractivity contribution is 9.10. The maximum Gasteiger partial charge on any atom is 0.237 e. The number of carbonyl (C=O) groups excluding carboxylic acids is 1. The number of amides is 1. The molecule has 17 heavy (non-hydrogen) atoms. The van der Waals surface area contributed by atoms with E-state index in [-0.39, 0.29) is 11.9 Å². The van der Waals surface area contributed by atoms with Crippen molar-refractivity contribution in [1.29, 1.82) is 0 Å². The number of halogens is 1. The Bertz CT molecular complexity index is 390. The summed E-state index contributed by atoms with van der Waals surface area (Å²) in [5, 5.41) is 2.77. The molecule has 1 amide bonds. The fourth-order valence-electron chi connectivity index (χ4n) is 1.34. The molecule has 0 fully saturated rings. The lowest BCUT2D eigenvalue weighted by molar-refractivity contribution is -0.125. The van der Waals surface area contributed by atoms with Gasteiger partial charge in [-0.25, -0.2) is 0 Å². The minimum absolute atomic E-state index is 0.0157. The zero-order chi connectivity index (χ0) is 12.8. The highest BCUT2D eigenvalue weighted by atomic mass is 79.9. The van der Waals surface area contributed by atoms with Gasteiger partial charge in [-0.3, -0.25) is 9.69 Å². The monoisotopic (exact) mass is 300 g/mol. The van der Waals surface area contributed by atoms with Gasteiger partial charge in [0.25, 0.3) is 0 Å². The number of nitrogens with zero attached hydrogens (tertiary/aromatic N) is 1. The van der Waals surface area contributed by atoms with E-state index in [2.05, 4.69) is 27.8 Å². The van der Waals surface area contributed by atoms with Gasteiger partial charge in [0.05, 0.1) is 12.6 Å². The fraction of sp³-hybridized carbons (Fsp3) is 0.417. The molecule has 0 saturated heterocycles. The second-order valence-corrected chi connectivity index (χ2v) is 4.61. The largest absolute Gasteiger partial charge is 0.453 e. The molecule has 94 valence electrons. The van der Waals surface area contributed by atoms with Crippen LogP contribution in [0.5, 0.6) is 0 Å². The first kappa shape index (κ1) is 14.0. The van der Waals surface area contributed by atoms with Gasteiger partial charge in [-0.1, -0.05) is 6.08 Å². The molecule has 1 heterocycles. The molecular weight excluding hydrogens is 284 g/mol. The summed E-state index contributed by atoms with van der Waals surface area (Å²) in [7, 11) is 1.88. The normalized spacial score (nSPS) is 12.5. The van der Waals surface area contributed by atoms with E-state index in [0.717, 1.165) is 5.76 Å². The van der Waals surface area contributed by atoms with Gasteiger partial charge in [0.1, 0.15) is 5.76 Å². The van der Waals surface area contributed by atoms with Crippen molar-refractivity contribution in [3.63, 3.8) is 0 Å². The van der Waals surface area contributed by atoms with Crippen LogP contribution in [0.4, 0.5) is 0 Å². The number of carbonyl (C=O) groups is 1. The van der Waals surface area contributed by atoms with Crippen LogP contribution in [0.15, 0.2) is 33.9 Å². The SMILES string of the molecule is C=CCNC(=O)C(C)N(C)Cc1ccc(Br)o1. The second kappa shape index (κ2) is 6.61. The van der Waals surface area contributed by atoms with Crippen molar-refractivity contribution in [3.05, 3.63) is 35.2 Å². The first-order valence-electron chi connectivity index (χ1n) is 5.37. The quantitative estimate of drug-likeness (QED) is 0.819. The van der Waals surface area contributed by atoms with E-state index >= 15 is 0 Å². The third-order valence-electron chi connectivity index (χ3n) is 2.50. The van der Waals surface area contributed by atoms with E-state index in [4.69, 9.17) is 4.42 Å². The van der Waals surface area contributed by atoms with Crippen LogP contribution >= 0.6 is 15.9 Å². The molecule has 0 radical (unpaired) electrons. The second-order valence-electron chi connectivity index (χ2n) is 3.83. The maximum atomic E-state index is 11.7. The molecule has 1 unspecified atom stereocenters. The number of nitrogens with one attached hydrogen (secondary N) is 1. The summed E-state index contributed by atoms with van der Waals surface area (Å²) >= 11 is 3.25. The summed E-state index contributed by atoms with van der Waals surface area (Å²) in [5.74, 6) is 0.806. The summed E-state index contributed by atoms with van der Waals surface area (Å²) in [5.41, 5.74) is 0. The number of furan rings is 1. The minimum atomic E-state index is -0.209. The predicted molar refractivity (Wildman–Crippen MR) is 70.5 cm³/mol. The van der Waals surface area contributed by atoms with Crippen LogP contribution in [0.3, 0.4) is 0 Å². The molecule has 0 saturated carbocycles. The third-order valence-corrected chi connectivity index (χ3v) is 2.92. The van der Waals surface area contributed by atoms with E-state index in [1.807, 2.05) is 31.0 Å². The average molecular weight is 301 g/mol. The molecule has 0 aliphatic carbocycles. The Hall–Kier alpha value is -1.07. The van der Waals surface area contributed by atoms with Crippen LogP contribution in [-0.4, -0.2) is 30.4 Å². The number of hydrogen-bond acceptors (Lipinski definition) is 3. The van der Waals surface area contributed by atoms with E-state index in [1.54, 1.807) is 6.08 Å². The highest BCUT2D eigenvalue weighted by Crippen LogP contribution is 2.15. The fourth-order valence-corrected chi connectivity index (χ4v) is 1.68. The standard InChI is InChI=1S/C12H17BrN2O2/c1-4-7-14-12(16)9(2)15(3)8-10-5-6-11(13)17-10/h4-6,9H,1,7-8H2,2-3H3,(H,14,16). The van der Waals surface area contributed by atoms with Gasteiger partial charge in [0.2, 0.25) is 5.91 Å². The van der Waals surface area contributed by atoms with Crippen molar-refractivity contribution in [1.82, 2.24) is 10.2 Å². The highest BCUT2D eigenvalue weighted by Gasteiger charge is 2.18. The van der Waals surface area contributed by atoms with Crippen molar-refractivity contribution >= 4 is 21.8 Å². The van der Waals surface area contributed by atoms with Crippen LogP contribution in [0.1, 0.15) is 12.7 Å². The zero-order valence-corrected chi connectivity index (χ0v) is 11.7. The first-order chi connectivity index (χ1) is 8.04. The van der Waals surface area contributed by atoms with Gasteiger partial charge >= 0.3 is 0 Å². The van der Waals surface area contributed by atoms with Crippen LogP contribution in [0.2, 0.25) is 0 Å². The summed E-state index contributed by atoms with van der Waals surface area (Å²) in [6, 6.07) is 3.51. The minimum Gasteiger partial charge on any atom is -0.453 e. The lowest BCUT2D eigenvalue weighted by atomic mass is 10.2.